The Morgan fingerprint density at radius 3 is 1.48 bits per heavy atom. The predicted octanol–water partition coefficient (Wildman–Crippen LogP) is 5.48. The molecule has 0 bridgehead atoms. The van der Waals surface area contributed by atoms with Gasteiger partial charge in [-0.2, -0.15) is 0 Å². The minimum atomic E-state index is 0.0892. The Morgan fingerprint density at radius 2 is 1.14 bits per heavy atom. The van der Waals surface area contributed by atoms with Gasteiger partial charge in [0.2, 0.25) is 0 Å². The standard InChI is InChI=1S/C23H30N2O2S2/c26-22(20-3-1-13-28-20)24-18-9-5-16(6-10-18)15-17-7-11-19(12-8-17)25-23(27)21-4-2-14-29-21/h1-4,13-14,16-19H,5-12,15H2,(H,24,26)(H,25,27). The quantitative estimate of drug-likeness (QED) is 0.638. The minimum absolute atomic E-state index is 0.0892. The Morgan fingerprint density at radius 1 is 0.724 bits per heavy atom. The van der Waals surface area contributed by atoms with E-state index in [4.69, 9.17) is 0 Å². The SMILES string of the molecule is O=C(NC1CCC(CC2CCC(NC(=O)c3cccs3)CC2)CC1)c1cccs1. The van der Waals surface area contributed by atoms with Gasteiger partial charge in [-0.05, 0) is 92.5 Å². The Labute approximate surface area is 181 Å². The molecule has 156 valence electrons. The highest BCUT2D eigenvalue weighted by atomic mass is 32.1. The molecule has 0 atom stereocenters. The van der Waals surface area contributed by atoms with Gasteiger partial charge in [0.05, 0.1) is 9.75 Å². The molecule has 2 aliphatic rings. The van der Waals surface area contributed by atoms with Gasteiger partial charge in [-0.15, -0.1) is 22.7 Å². The van der Waals surface area contributed by atoms with Crippen LogP contribution in [-0.2, 0) is 0 Å². The van der Waals surface area contributed by atoms with Crippen LogP contribution in [0.2, 0.25) is 0 Å². The van der Waals surface area contributed by atoms with Gasteiger partial charge in [-0.1, -0.05) is 12.1 Å². The first-order valence-electron chi connectivity index (χ1n) is 10.9. The van der Waals surface area contributed by atoms with Crippen molar-refractivity contribution >= 4 is 34.5 Å². The van der Waals surface area contributed by atoms with Crippen molar-refractivity contribution < 1.29 is 9.59 Å². The number of nitrogens with one attached hydrogen (secondary N) is 2. The highest BCUT2D eigenvalue weighted by Gasteiger charge is 2.28. The molecule has 2 heterocycles. The smallest absolute Gasteiger partial charge is 0.261 e. The molecule has 29 heavy (non-hydrogen) atoms. The maximum atomic E-state index is 12.2. The van der Waals surface area contributed by atoms with E-state index in [0.29, 0.717) is 12.1 Å². The van der Waals surface area contributed by atoms with Crippen molar-refractivity contribution in [2.75, 3.05) is 0 Å². The number of carbonyl (C=O) groups excluding carboxylic acids is 2. The first kappa shape index (κ1) is 20.6. The summed E-state index contributed by atoms with van der Waals surface area (Å²) >= 11 is 3.02. The third-order valence-electron chi connectivity index (χ3n) is 6.52. The van der Waals surface area contributed by atoms with Gasteiger partial charge in [0.15, 0.2) is 0 Å². The molecule has 0 saturated heterocycles. The van der Waals surface area contributed by atoms with Crippen molar-refractivity contribution in [3.05, 3.63) is 44.8 Å². The largest absolute Gasteiger partial charge is 0.349 e. The van der Waals surface area contributed by atoms with Crippen molar-refractivity contribution in [1.82, 2.24) is 10.6 Å². The molecule has 6 heteroatoms. The summed E-state index contributed by atoms with van der Waals surface area (Å²) < 4.78 is 0. The normalized spacial score (nSPS) is 27.3. The second kappa shape index (κ2) is 9.90. The Balaban J connectivity index is 1.14. The molecule has 0 spiro atoms. The summed E-state index contributed by atoms with van der Waals surface area (Å²) in [6.07, 6.45) is 10.6. The summed E-state index contributed by atoms with van der Waals surface area (Å²) in [6, 6.07) is 8.32. The zero-order valence-electron chi connectivity index (χ0n) is 16.8. The number of amides is 2. The predicted molar refractivity (Wildman–Crippen MR) is 120 cm³/mol. The van der Waals surface area contributed by atoms with Crippen LogP contribution >= 0.6 is 22.7 Å². The molecule has 0 radical (unpaired) electrons. The van der Waals surface area contributed by atoms with E-state index in [9.17, 15) is 9.59 Å². The van der Waals surface area contributed by atoms with Gasteiger partial charge < -0.3 is 10.6 Å². The molecule has 2 aromatic heterocycles. The van der Waals surface area contributed by atoms with E-state index in [-0.39, 0.29) is 11.8 Å². The lowest BCUT2D eigenvalue weighted by Crippen LogP contribution is -2.38. The first-order valence-corrected chi connectivity index (χ1v) is 12.6. The van der Waals surface area contributed by atoms with Crippen LogP contribution in [-0.4, -0.2) is 23.9 Å². The number of hydrogen-bond donors (Lipinski definition) is 2. The van der Waals surface area contributed by atoms with Gasteiger partial charge in [0, 0.05) is 12.1 Å². The maximum absolute atomic E-state index is 12.2. The molecule has 2 N–H and O–H groups in total. The molecule has 2 saturated carbocycles. The van der Waals surface area contributed by atoms with Crippen molar-refractivity contribution in [3.63, 3.8) is 0 Å². The van der Waals surface area contributed by atoms with Gasteiger partial charge in [-0.25, -0.2) is 0 Å². The first-order chi connectivity index (χ1) is 14.2. The number of rotatable bonds is 6. The van der Waals surface area contributed by atoms with E-state index in [1.807, 2.05) is 35.0 Å². The lowest BCUT2D eigenvalue weighted by molar-refractivity contribution is 0.0922. The third-order valence-corrected chi connectivity index (χ3v) is 8.26. The molecule has 2 fully saturated rings. The zero-order chi connectivity index (χ0) is 20.1. The minimum Gasteiger partial charge on any atom is -0.349 e. The number of hydrogen-bond acceptors (Lipinski definition) is 4. The molecule has 2 aliphatic carbocycles. The fourth-order valence-corrected chi connectivity index (χ4v) is 6.14. The lowest BCUT2D eigenvalue weighted by Gasteiger charge is -2.34. The van der Waals surface area contributed by atoms with Crippen LogP contribution in [0.3, 0.4) is 0 Å². The van der Waals surface area contributed by atoms with Gasteiger partial charge in [0.25, 0.3) is 11.8 Å². The lowest BCUT2D eigenvalue weighted by atomic mass is 9.75. The molecule has 0 aromatic carbocycles. The zero-order valence-corrected chi connectivity index (χ0v) is 18.4. The summed E-state index contributed by atoms with van der Waals surface area (Å²) in [6.45, 7) is 0. The third kappa shape index (κ3) is 5.70. The molecule has 2 aromatic rings. The monoisotopic (exact) mass is 430 g/mol. The van der Waals surface area contributed by atoms with E-state index < -0.39 is 0 Å². The number of carbonyl (C=O) groups is 2. The van der Waals surface area contributed by atoms with Crippen LogP contribution in [0.4, 0.5) is 0 Å². The molecule has 0 aliphatic heterocycles. The average molecular weight is 431 g/mol. The van der Waals surface area contributed by atoms with Crippen molar-refractivity contribution in [1.29, 1.82) is 0 Å². The molecule has 4 nitrogen and oxygen atoms in total. The summed E-state index contributed by atoms with van der Waals surface area (Å²) in [5.41, 5.74) is 0. The van der Waals surface area contributed by atoms with E-state index >= 15 is 0 Å². The van der Waals surface area contributed by atoms with Crippen LogP contribution in [0.5, 0.6) is 0 Å². The van der Waals surface area contributed by atoms with Crippen molar-refractivity contribution in [2.45, 2.75) is 69.9 Å². The summed E-state index contributed by atoms with van der Waals surface area (Å²) in [4.78, 5) is 26.1. The van der Waals surface area contributed by atoms with Crippen LogP contribution in [0.1, 0.15) is 77.1 Å². The Hall–Kier alpha value is -1.66. The van der Waals surface area contributed by atoms with E-state index in [0.717, 1.165) is 47.3 Å². The molecular formula is C23H30N2O2S2. The Kier molecular flexibility index (Phi) is 7.03. The molecule has 4 rings (SSSR count). The van der Waals surface area contributed by atoms with Crippen LogP contribution in [0, 0.1) is 11.8 Å². The fourth-order valence-electron chi connectivity index (χ4n) is 4.88. The van der Waals surface area contributed by atoms with Crippen LogP contribution in [0.25, 0.3) is 0 Å². The van der Waals surface area contributed by atoms with Gasteiger partial charge in [0.1, 0.15) is 0 Å². The summed E-state index contributed by atoms with van der Waals surface area (Å²) in [7, 11) is 0. The highest BCUT2D eigenvalue weighted by molar-refractivity contribution is 7.12. The second-order valence-corrected chi connectivity index (χ2v) is 10.5. The topological polar surface area (TPSA) is 58.2 Å². The molecule has 2 amide bonds. The van der Waals surface area contributed by atoms with Gasteiger partial charge in [-0.3, -0.25) is 9.59 Å². The highest BCUT2D eigenvalue weighted by Crippen LogP contribution is 2.35. The molecular weight excluding hydrogens is 400 g/mol. The number of thiophene rings is 2. The van der Waals surface area contributed by atoms with Gasteiger partial charge >= 0.3 is 0 Å². The van der Waals surface area contributed by atoms with Crippen LogP contribution < -0.4 is 10.6 Å². The Bertz CT molecular complexity index is 706. The van der Waals surface area contributed by atoms with E-state index in [2.05, 4.69) is 10.6 Å². The maximum Gasteiger partial charge on any atom is 0.261 e. The van der Waals surface area contributed by atoms with E-state index in [1.165, 1.54) is 54.8 Å². The average Bonchev–Trinajstić information content (AvgIpc) is 3.45. The second-order valence-electron chi connectivity index (χ2n) is 8.57. The summed E-state index contributed by atoms with van der Waals surface area (Å²) in [5, 5.41) is 10.3. The fraction of sp³-hybridized carbons (Fsp3) is 0.565. The van der Waals surface area contributed by atoms with Crippen molar-refractivity contribution in [3.8, 4) is 0 Å². The molecule has 0 unspecified atom stereocenters. The summed E-state index contributed by atoms with van der Waals surface area (Å²) in [5.74, 6) is 1.78. The van der Waals surface area contributed by atoms with E-state index in [1.54, 1.807) is 0 Å². The van der Waals surface area contributed by atoms with Crippen LogP contribution in [0.15, 0.2) is 35.0 Å². The van der Waals surface area contributed by atoms with Crippen molar-refractivity contribution in [2.24, 2.45) is 11.8 Å².